The number of nitrogens with two attached hydrogens (primary N) is 1. The molecule has 0 aliphatic carbocycles. The summed E-state index contributed by atoms with van der Waals surface area (Å²) in [6.45, 7) is 4.50. The molecule has 0 atom stereocenters. The first-order valence-corrected chi connectivity index (χ1v) is 5.87. The summed E-state index contributed by atoms with van der Waals surface area (Å²) in [6.07, 6.45) is 0.638. The minimum absolute atomic E-state index is 0. The van der Waals surface area contributed by atoms with Crippen molar-refractivity contribution in [2.24, 2.45) is 10.7 Å². The Hall–Kier alpha value is -0.560. The Balaban J connectivity index is 0.00000289. The van der Waals surface area contributed by atoms with Crippen LogP contribution in [-0.4, -0.2) is 18.5 Å². The maximum absolute atomic E-state index is 12.8. The van der Waals surface area contributed by atoms with E-state index in [4.69, 9.17) is 17.3 Å². The van der Waals surface area contributed by atoms with Crippen molar-refractivity contribution in [3.63, 3.8) is 0 Å². The highest BCUT2D eigenvalue weighted by atomic mass is 127. The number of nitrogens with one attached hydrogen (secondary N) is 1. The van der Waals surface area contributed by atoms with Crippen molar-refractivity contribution in [3.8, 4) is 0 Å². The van der Waals surface area contributed by atoms with Crippen LogP contribution in [0.15, 0.2) is 23.2 Å². The van der Waals surface area contributed by atoms with Crippen molar-refractivity contribution in [1.82, 2.24) is 5.32 Å². The van der Waals surface area contributed by atoms with Crippen molar-refractivity contribution >= 4 is 41.5 Å². The van der Waals surface area contributed by atoms with Gasteiger partial charge in [-0.05, 0) is 38.0 Å². The van der Waals surface area contributed by atoms with Gasteiger partial charge < -0.3 is 11.1 Å². The molecule has 0 aliphatic rings. The van der Waals surface area contributed by atoms with Crippen molar-refractivity contribution in [1.29, 1.82) is 0 Å². The highest BCUT2D eigenvalue weighted by molar-refractivity contribution is 14.0. The predicted octanol–water partition coefficient (Wildman–Crippen LogP) is 2.95. The maximum Gasteiger partial charge on any atom is 0.188 e. The van der Waals surface area contributed by atoms with Crippen molar-refractivity contribution in [2.75, 3.05) is 6.54 Å². The Morgan fingerprint density at radius 1 is 1.50 bits per heavy atom. The highest BCUT2D eigenvalue weighted by Gasteiger charge is 2.01. The second-order valence-corrected chi connectivity index (χ2v) is 4.46. The quantitative estimate of drug-likeness (QED) is 0.476. The normalized spacial score (nSPS) is 11.3. The molecular formula is C12H18ClFIN3. The van der Waals surface area contributed by atoms with Crippen LogP contribution in [0.1, 0.15) is 19.4 Å². The fourth-order valence-electron chi connectivity index (χ4n) is 1.36. The molecule has 3 N–H and O–H groups in total. The van der Waals surface area contributed by atoms with Crippen molar-refractivity contribution < 1.29 is 4.39 Å². The van der Waals surface area contributed by atoms with Gasteiger partial charge in [-0.25, -0.2) is 4.39 Å². The van der Waals surface area contributed by atoms with E-state index in [9.17, 15) is 4.39 Å². The van der Waals surface area contributed by atoms with Crippen LogP contribution in [0.5, 0.6) is 0 Å². The van der Waals surface area contributed by atoms with Gasteiger partial charge in [0.2, 0.25) is 0 Å². The molecule has 0 radical (unpaired) electrons. The number of halogens is 3. The summed E-state index contributed by atoms with van der Waals surface area (Å²) in [5, 5.41) is 3.41. The van der Waals surface area contributed by atoms with Crippen LogP contribution in [0.4, 0.5) is 4.39 Å². The van der Waals surface area contributed by atoms with Crippen LogP contribution in [0, 0.1) is 5.82 Å². The Bertz CT molecular complexity index is 410. The van der Waals surface area contributed by atoms with E-state index in [1.54, 1.807) is 6.07 Å². The molecule has 0 heterocycles. The summed E-state index contributed by atoms with van der Waals surface area (Å²) in [7, 11) is 0. The lowest BCUT2D eigenvalue weighted by Gasteiger charge is -2.08. The first kappa shape index (κ1) is 17.4. The Morgan fingerprint density at radius 2 is 2.17 bits per heavy atom. The number of rotatable bonds is 4. The van der Waals surface area contributed by atoms with Gasteiger partial charge in [-0.15, -0.1) is 24.0 Å². The molecule has 1 aromatic carbocycles. The zero-order chi connectivity index (χ0) is 12.8. The van der Waals surface area contributed by atoms with Gasteiger partial charge in [-0.1, -0.05) is 17.7 Å². The maximum atomic E-state index is 12.8. The van der Waals surface area contributed by atoms with Crippen LogP contribution in [-0.2, 0) is 6.42 Å². The fraction of sp³-hybridized carbons (Fsp3) is 0.417. The van der Waals surface area contributed by atoms with Crippen LogP contribution in [0.3, 0.4) is 0 Å². The molecule has 3 nitrogen and oxygen atoms in total. The number of hydrogen-bond donors (Lipinski definition) is 2. The van der Waals surface area contributed by atoms with Gasteiger partial charge in [-0.3, -0.25) is 4.99 Å². The average molecular weight is 386 g/mol. The number of guanidine groups is 1. The minimum Gasteiger partial charge on any atom is -0.370 e. The highest BCUT2D eigenvalue weighted by Crippen LogP contribution is 2.17. The number of nitrogens with zero attached hydrogens (tertiary/aromatic N) is 1. The summed E-state index contributed by atoms with van der Waals surface area (Å²) < 4.78 is 12.8. The average Bonchev–Trinajstić information content (AvgIpc) is 2.20. The summed E-state index contributed by atoms with van der Waals surface area (Å²) in [6, 6.07) is 4.61. The second-order valence-electron chi connectivity index (χ2n) is 4.05. The zero-order valence-electron chi connectivity index (χ0n) is 10.4. The van der Waals surface area contributed by atoms with Crippen LogP contribution < -0.4 is 11.1 Å². The van der Waals surface area contributed by atoms with E-state index in [1.165, 1.54) is 12.1 Å². The van der Waals surface area contributed by atoms with Crippen LogP contribution >= 0.6 is 35.6 Å². The molecule has 6 heteroatoms. The first-order chi connectivity index (χ1) is 7.99. The van der Waals surface area contributed by atoms with Crippen LogP contribution in [0.25, 0.3) is 0 Å². The van der Waals surface area contributed by atoms with Crippen molar-refractivity contribution in [2.45, 2.75) is 26.3 Å². The van der Waals surface area contributed by atoms with Gasteiger partial charge in [0.25, 0.3) is 0 Å². The predicted molar refractivity (Wildman–Crippen MR) is 85.3 cm³/mol. The number of hydrogen-bond acceptors (Lipinski definition) is 1. The third kappa shape index (κ3) is 6.39. The van der Waals surface area contributed by atoms with Crippen LogP contribution in [0.2, 0.25) is 5.02 Å². The molecule has 0 spiro atoms. The molecule has 102 valence electrons. The van der Waals surface area contributed by atoms with Gasteiger partial charge in [0.1, 0.15) is 5.82 Å². The Labute approximate surface area is 129 Å². The summed E-state index contributed by atoms with van der Waals surface area (Å²) in [4.78, 5) is 4.15. The molecule has 0 aliphatic heterocycles. The number of benzene rings is 1. The second kappa shape index (κ2) is 8.53. The molecule has 0 saturated carbocycles. The van der Waals surface area contributed by atoms with E-state index in [2.05, 4.69) is 10.3 Å². The Kier molecular flexibility index (Phi) is 8.26. The monoisotopic (exact) mass is 385 g/mol. The van der Waals surface area contributed by atoms with Gasteiger partial charge in [-0.2, -0.15) is 0 Å². The molecule has 0 saturated heterocycles. The SMILES string of the molecule is CC(C)NC(N)=NCCc1ccc(F)cc1Cl.I. The fourth-order valence-corrected chi connectivity index (χ4v) is 1.62. The molecule has 0 amide bonds. The zero-order valence-corrected chi connectivity index (χ0v) is 13.5. The Morgan fingerprint density at radius 3 is 2.72 bits per heavy atom. The van der Waals surface area contributed by atoms with Crippen molar-refractivity contribution in [3.05, 3.63) is 34.6 Å². The first-order valence-electron chi connectivity index (χ1n) is 5.49. The van der Waals surface area contributed by atoms with Gasteiger partial charge in [0.15, 0.2) is 5.96 Å². The van der Waals surface area contributed by atoms with Gasteiger partial charge in [0.05, 0.1) is 0 Å². The summed E-state index contributed by atoms with van der Waals surface area (Å²) in [5.41, 5.74) is 6.52. The van der Waals surface area contributed by atoms with E-state index in [0.717, 1.165) is 5.56 Å². The largest absolute Gasteiger partial charge is 0.370 e. The molecule has 0 fully saturated rings. The number of aliphatic imine (C=N–C) groups is 1. The molecule has 1 aromatic rings. The van der Waals surface area contributed by atoms with E-state index in [1.807, 2.05) is 13.8 Å². The van der Waals surface area contributed by atoms with E-state index in [0.29, 0.717) is 23.9 Å². The molecule has 1 rings (SSSR count). The lowest BCUT2D eigenvalue weighted by Crippen LogP contribution is -2.36. The molecule has 18 heavy (non-hydrogen) atoms. The topological polar surface area (TPSA) is 50.4 Å². The van der Waals surface area contributed by atoms with E-state index < -0.39 is 0 Å². The molecule has 0 bridgehead atoms. The lowest BCUT2D eigenvalue weighted by molar-refractivity contribution is 0.627. The van der Waals surface area contributed by atoms with Gasteiger partial charge in [0, 0.05) is 17.6 Å². The summed E-state index contributed by atoms with van der Waals surface area (Å²) in [5.74, 6) is 0.0847. The third-order valence-corrected chi connectivity index (χ3v) is 2.47. The summed E-state index contributed by atoms with van der Waals surface area (Å²) >= 11 is 5.89. The smallest absolute Gasteiger partial charge is 0.188 e. The minimum atomic E-state index is -0.330. The third-order valence-electron chi connectivity index (χ3n) is 2.11. The standard InChI is InChI=1S/C12H17ClFN3.HI/c1-8(2)17-12(15)16-6-5-9-3-4-10(14)7-11(9)13;/h3-4,7-8H,5-6H2,1-2H3,(H3,15,16,17);1H. The molecule has 0 unspecified atom stereocenters. The van der Waals surface area contributed by atoms with E-state index >= 15 is 0 Å². The van der Waals surface area contributed by atoms with E-state index in [-0.39, 0.29) is 35.8 Å². The lowest BCUT2D eigenvalue weighted by atomic mass is 10.1. The molecular weight excluding hydrogens is 368 g/mol. The van der Waals surface area contributed by atoms with Gasteiger partial charge >= 0.3 is 0 Å². The molecule has 0 aromatic heterocycles.